The quantitative estimate of drug-likeness (QED) is 0.601. The third-order valence-corrected chi connectivity index (χ3v) is 6.57. The molecule has 0 fully saturated rings. The maximum atomic E-state index is 12.7. The van der Waals surface area contributed by atoms with Crippen LogP contribution in [-0.2, 0) is 16.6 Å². The summed E-state index contributed by atoms with van der Waals surface area (Å²) in [7, 11) is -3.71. The highest BCUT2D eigenvalue weighted by molar-refractivity contribution is 7.89. The van der Waals surface area contributed by atoms with Gasteiger partial charge in [-0.1, -0.05) is 25.4 Å². The van der Waals surface area contributed by atoms with E-state index in [0.717, 1.165) is 0 Å². The van der Waals surface area contributed by atoms with Gasteiger partial charge >= 0.3 is 0 Å². The van der Waals surface area contributed by atoms with Gasteiger partial charge in [-0.2, -0.15) is 4.31 Å². The van der Waals surface area contributed by atoms with E-state index in [2.05, 4.69) is 4.98 Å². The van der Waals surface area contributed by atoms with Crippen molar-refractivity contribution in [3.63, 3.8) is 0 Å². The van der Waals surface area contributed by atoms with Gasteiger partial charge in [-0.15, -0.1) is 0 Å². The highest BCUT2D eigenvalue weighted by atomic mass is 35.5. The molecule has 0 aliphatic rings. The van der Waals surface area contributed by atoms with Crippen molar-refractivity contribution in [2.45, 2.75) is 25.3 Å². The van der Waals surface area contributed by atoms with Crippen LogP contribution < -0.4 is 11.1 Å². The van der Waals surface area contributed by atoms with E-state index in [0.29, 0.717) is 29.5 Å². The molecular weight excluding hydrogens is 404 g/mol. The third-order valence-electron chi connectivity index (χ3n) is 4.31. The molecule has 10 heteroatoms. The number of rotatable bonds is 6. The van der Waals surface area contributed by atoms with Gasteiger partial charge in [0, 0.05) is 37.6 Å². The van der Waals surface area contributed by atoms with Crippen LogP contribution >= 0.6 is 11.6 Å². The normalized spacial score (nSPS) is 12.0. The first-order valence-electron chi connectivity index (χ1n) is 8.64. The Labute approximate surface area is 166 Å². The summed E-state index contributed by atoms with van der Waals surface area (Å²) >= 11 is 5.90. The van der Waals surface area contributed by atoms with Gasteiger partial charge in [0.25, 0.3) is 11.1 Å². The minimum Gasteiger partial charge on any atom is -0.308 e. The average molecular weight is 423 g/mol. The van der Waals surface area contributed by atoms with Crippen LogP contribution in [0.4, 0.5) is 0 Å². The van der Waals surface area contributed by atoms with Crippen LogP contribution in [0, 0.1) is 0 Å². The predicted octanol–water partition coefficient (Wildman–Crippen LogP) is 1.59. The summed E-state index contributed by atoms with van der Waals surface area (Å²) in [6.07, 6.45) is 2.74. The van der Waals surface area contributed by atoms with Crippen LogP contribution in [-0.4, -0.2) is 39.8 Å². The topological polar surface area (TPSA) is 93.8 Å². The summed E-state index contributed by atoms with van der Waals surface area (Å²) in [5.41, 5.74) is -0.0160. The molecule has 0 aromatic carbocycles. The lowest BCUT2D eigenvalue weighted by Crippen LogP contribution is -2.32. The van der Waals surface area contributed by atoms with Crippen molar-refractivity contribution in [1.82, 2.24) is 18.3 Å². The number of nitrogens with zero attached hydrogens (tertiary/aromatic N) is 4. The lowest BCUT2D eigenvalue weighted by molar-refractivity contribution is 0.444. The summed E-state index contributed by atoms with van der Waals surface area (Å²) in [4.78, 5) is 28.9. The molecule has 0 spiro atoms. The number of hydrogen-bond acceptors (Lipinski definition) is 5. The first-order chi connectivity index (χ1) is 13.3. The van der Waals surface area contributed by atoms with Crippen molar-refractivity contribution < 1.29 is 8.42 Å². The van der Waals surface area contributed by atoms with Gasteiger partial charge in [0.15, 0.2) is 0 Å². The molecule has 3 aromatic heterocycles. The average Bonchev–Trinajstić information content (AvgIpc) is 2.65. The number of halogens is 1. The van der Waals surface area contributed by atoms with E-state index in [1.54, 1.807) is 26.0 Å². The van der Waals surface area contributed by atoms with Gasteiger partial charge < -0.3 is 4.57 Å². The van der Waals surface area contributed by atoms with Crippen LogP contribution in [0.2, 0.25) is 5.02 Å². The molecule has 0 atom stereocenters. The Kier molecular flexibility index (Phi) is 5.69. The van der Waals surface area contributed by atoms with Crippen molar-refractivity contribution in [1.29, 1.82) is 0 Å². The number of fused-ring (bicyclic) bond motifs is 1. The number of sulfonamides is 1. The molecule has 0 aliphatic carbocycles. The van der Waals surface area contributed by atoms with Crippen molar-refractivity contribution in [3.8, 4) is 0 Å². The Bertz CT molecular complexity index is 1250. The molecule has 3 rings (SSSR count). The Balaban J connectivity index is 2.04. The Morgan fingerprint density at radius 3 is 2.43 bits per heavy atom. The van der Waals surface area contributed by atoms with E-state index in [-0.39, 0.29) is 17.0 Å². The molecule has 3 heterocycles. The zero-order chi connectivity index (χ0) is 20.5. The number of aromatic nitrogens is 3. The van der Waals surface area contributed by atoms with E-state index in [1.807, 2.05) is 0 Å². The number of hydrogen-bond donors (Lipinski definition) is 0. The molecule has 0 radical (unpaired) electrons. The molecule has 0 saturated carbocycles. The molecule has 0 N–H and O–H groups in total. The van der Waals surface area contributed by atoms with Crippen molar-refractivity contribution >= 4 is 27.3 Å². The van der Waals surface area contributed by atoms with Crippen LogP contribution in [0.15, 0.2) is 57.2 Å². The number of pyridine rings is 2. The Morgan fingerprint density at radius 2 is 1.75 bits per heavy atom. The van der Waals surface area contributed by atoms with E-state index in [1.165, 1.54) is 43.9 Å². The van der Waals surface area contributed by atoms with Crippen molar-refractivity contribution in [3.05, 3.63) is 74.1 Å². The van der Waals surface area contributed by atoms with Crippen molar-refractivity contribution in [2.24, 2.45) is 0 Å². The highest BCUT2D eigenvalue weighted by Gasteiger charge is 2.22. The van der Waals surface area contributed by atoms with E-state index < -0.39 is 15.6 Å². The fourth-order valence-electron chi connectivity index (χ4n) is 2.88. The molecule has 28 heavy (non-hydrogen) atoms. The van der Waals surface area contributed by atoms with Crippen LogP contribution in [0.3, 0.4) is 0 Å². The van der Waals surface area contributed by atoms with E-state index >= 15 is 0 Å². The second-order valence-electron chi connectivity index (χ2n) is 6.08. The molecule has 0 bridgehead atoms. The fraction of sp³-hybridized carbons (Fsp3) is 0.278. The molecule has 0 unspecified atom stereocenters. The summed E-state index contributed by atoms with van der Waals surface area (Å²) in [6.45, 7) is 4.10. The molecule has 0 saturated heterocycles. The Hall–Kier alpha value is -2.49. The summed E-state index contributed by atoms with van der Waals surface area (Å²) in [5, 5.41) is 0.398. The second-order valence-corrected chi connectivity index (χ2v) is 8.46. The molecule has 0 aliphatic heterocycles. The summed E-state index contributed by atoms with van der Waals surface area (Å²) in [5.74, 6) is 0. The largest absolute Gasteiger partial charge is 0.308 e. The lowest BCUT2D eigenvalue weighted by atomic mass is 10.3. The SMILES string of the molecule is CCN(CC)S(=O)(=O)c1ccc(=O)n(Cc2cc(=O)n3cc(Cl)ccc3n2)c1. The fourth-order valence-corrected chi connectivity index (χ4v) is 4.52. The maximum Gasteiger partial charge on any atom is 0.258 e. The van der Waals surface area contributed by atoms with Gasteiger partial charge in [-0.05, 0) is 18.2 Å². The monoisotopic (exact) mass is 422 g/mol. The first kappa shape index (κ1) is 20.2. The summed E-state index contributed by atoms with van der Waals surface area (Å²) in [6, 6.07) is 6.98. The highest BCUT2D eigenvalue weighted by Crippen LogP contribution is 2.14. The standard InChI is InChI=1S/C18H19ClN4O4S/c1-3-22(4-2)28(26,27)15-6-8-17(24)21(12-15)11-14-9-18(25)23-10-13(19)5-7-16(23)20-14/h5-10,12H,3-4,11H2,1-2H3. The molecular formula is C18H19ClN4O4S. The molecule has 0 amide bonds. The molecule has 8 nitrogen and oxygen atoms in total. The predicted molar refractivity (Wildman–Crippen MR) is 106 cm³/mol. The second kappa shape index (κ2) is 7.86. The zero-order valence-electron chi connectivity index (χ0n) is 15.4. The molecule has 3 aromatic rings. The smallest absolute Gasteiger partial charge is 0.258 e. The van der Waals surface area contributed by atoms with Crippen LogP contribution in [0.1, 0.15) is 19.5 Å². The van der Waals surface area contributed by atoms with Crippen LogP contribution in [0.5, 0.6) is 0 Å². The Morgan fingerprint density at radius 1 is 1.04 bits per heavy atom. The minimum atomic E-state index is -3.71. The van der Waals surface area contributed by atoms with Gasteiger partial charge in [0.05, 0.1) is 22.2 Å². The molecule has 148 valence electrons. The van der Waals surface area contributed by atoms with Crippen molar-refractivity contribution in [2.75, 3.05) is 13.1 Å². The summed E-state index contributed by atoms with van der Waals surface area (Å²) < 4.78 is 29.2. The van der Waals surface area contributed by atoms with Gasteiger partial charge in [-0.3, -0.25) is 14.0 Å². The van der Waals surface area contributed by atoms with Gasteiger partial charge in [-0.25, -0.2) is 13.4 Å². The van der Waals surface area contributed by atoms with Crippen LogP contribution in [0.25, 0.3) is 5.65 Å². The van der Waals surface area contributed by atoms with Gasteiger partial charge in [0.1, 0.15) is 5.65 Å². The van der Waals surface area contributed by atoms with E-state index in [9.17, 15) is 18.0 Å². The first-order valence-corrected chi connectivity index (χ1v) is 10.5. The third kappa shape index (κ3) is 3.87. The van der Waals surface area contributed by atoms with E-state index in [4.69, 9.17) is 11.6 Å². The maximum absolute atomic E-state index is 12.7. The zero-order valence-corrected chi connectivity index (χ0v) is 16.9. The van der Waals surface area contributed by atoms with Gasteiger partial charge in [0.2, 0.25) is 10.0 Å². The lowest BCUT2D eigenvalue weighted by Gasteiger charge is -2.19. The minimum absolute atomic E-state index is 0.0140.